The van der Waals surface area contributed by atoms with Crippen LogP contribution in [-0.4, -0.2) is 41.5 Å². The fourth-order valence-corrected chi connectivity index (χ4v) is 2.25. The van der Waals surface area contributed by atoms with E-state index in [-0.39, 0.29) is 5.56 Å². The van der Waals surface area contributed by atoms with Crippen LogP contribution in [0.2, 0.25) is 0 Å². The molecule has 29 heavy (non-hydrogen) atoms. The Morgan fingerprint density at radius 1 is 1.03 bits per heavy atom. The second kappa shape index (κ2) is 9.99. The molecule has 0 bridgehead atoms. The van der Waals surface area contributed by atoms with E-state index in [2.05, 4.69) is 16.0 Å². The summed E-state index contributed by atoms with van der Waals surface area (Å²) < 4.78 is 18.9. The molecule has 0 heterocycles. The first-order chi connectivity index (χ1) is 13.3. The van der Waals surface area contributed by atoms with Gasteiger partial charge in [-0.15, -0.1) is 0 Å². The van der Waals surface area contributed by atoms with E-state index in [9.17, 15) is 23.6 Å². The van der Waals surface area contributed by atoms with Gasteiger partial charge in [-0.05, 0) is 45.7 Å². The molecule has 4 amide bonds. The van der Waals surface area contributed by atoms with Crippen LogP contribution in [0.5, 0.6) is 0 Å². The maximum absolute atomic E-state index is 13.8. The molecule has 0 unspecified atom stereocenters. The number of carbonyl (C=O) groups is 4. The molecule has 1 aromatic carbocycles. The van der Waals surface area contributed by atoms with Crippen LogP contribution in [0.3, 0.4) is 0 Å². The molecule has 0 saturated carbocycles. The van der Waals surface area contributed by atoms with Crippen molar-refractivity contribution < 1.29 is 28.3 Å². The Kier molecular flexibility index (Phi) is 8.29. The number of benzene rings is 1. The fraction of sp³-hybridized carbons (Fsp3) is 0.500. The summed E-state index contributed by atoms with van der Waals surface area (Å²) in [5.41, 5.74) is -0.764. The molecule has 2 atom stereocenters. The van der Waals surface area contributed by atoms with E-state index in [4.69, 9.17) is 4.74 Å². The van der Waals surface area contributed by atoms with Crippen LogP contribution in [-0.2, 0) is 14.3 Å². The third-order valence-electron chi connectivity index (χ3n) is 3.71. The van der Waals surface area contributed by atoms with Crippen LogP contribution >= 0.6 is 0 Å². The minimum atomic E-state index is -1.28. The number of halogens is 1. The number of urea groups is 1. The van der Waals surface area contributed by atoms with Gasteiger partial charge < -0.3 is 15.4 Å². The fourth-order valence-electron chi connectivity index (χ4n) is 2.25. The lowest BCUT2D eigenvalue weighted by Crippen LogP contribution is -2.52. The normalized spacial score (nSPS) is 13.2. The summed E-state index contributed by atoms with van der Waals surface area (Å²) in [5.74, 6) is -3.58. The van der Waals surface area contributed by atoms with E-state index in [1.54, 1.807) is 34.6 Å². The van der Waals surface area contributed by atoms with Crippen molar-refractivity contribution in [3.8, 4) is 0 Å². The molecular formula is C20H28FN3O5. The van der Waals surface area contributed by atoms with Crippen LogP contribution < -0.4 is 16.0 Å². The molecule has 1 aromatic rings. The van der Waals surface area contributed by atoms with Crippen LogP contribution in [0.4, 0.5) is 9.18 Å². The molecule has 160 valence electrons. The van der Waals surface area contributed by atoms with Crippen molar-refractivity contribution in [1.29, 1.82) is 0 Å². The molecule has 0 aliphatic heterocycles. The van der Waals surface area contributed by atoms with Gasteiger partial charge in [-0.1, -0.05) is 26.0 Å². The predicted molar refractivity (Wildman–Crippen MR) is 104 cm³/mol. The summed E-state index contributed by atoms with van der Waals surface area (Å²) in [6, 6.07) is 3.52. The Balaban J connectivity index is 2.74. The summed E-state index contributed by atoms with van der Waals surface area (Å²) in [6.07, 6.45) is -1.28. The monoisotopic (exact) mass is 409 g/mol. The van der Waals surface area contributed by atoms with Gasteiger partial charge in [-0.25, -0.2) is 14.0 Å². The summed E-state index contributed by atoms with van der Waals surface area (Å²) in [6.45, 7) is 9.85. The molecule has 8 nitrogen and oxygen atoms in total. The number of carbonyl (C=O) groups excluding carboxylic acids is 4. The molecule has 0 aliphatic rings. The van der Waals surface area contributed by atoms with Gasteiger partial charge in [0.1, 0.15) is 11.9 Å². The first-order valence-corrected chi connectivity index (χ1v) is 9.20. The molecule has 0 aliphatic carbocycles. The average molecular weight is 409 g/mol. The number of amides is 4. The third kappa shape index (κ3) is 7.89. The zero-order chi connectivity index (χ0) is 22.4. The molecule has 0 aromatic heterocycles. The van der Waals surface area contributed by atoms with Crippen molar-refractivity contribution in [1.82, 2.24) is 16.0 Å². The van der Waals surface area contributed by atoms with Gasteiger partial charge in [0, 0.05) is 5.54 Å². The Morgan fingerprint density at radius 2 is 1.62 bits per heavy atom. The van der Waals surface area contributed by atoms with Crippen LogP contribution in [0.25, 0.3) is 0 Å². The zero-order valence-corrected chi connectivity index (χ0v) is 17.5. The number of rotatable bonds is 6. The maximum Gasteiger partial charge on any atom is 0.329 e. The number of hydrogen-bond acceptors (Lipinski definition) is 5. The van der Waals surface area contributed by atoms with Gasteiger partial charge in [0.15, 0.2) is 6.10 Å². The van der Waals surface area contributed by atoms with E-state index in [0.29, 0.717) is 0 Å². The highest BCUT2D eigenvalue weighted by molar-refractivity contribution is 5.99. The Bertz CT molecular complexity index is 774. The van der Waals surface area contributed by atoms with Crippen LogP contribution in [0.15, 0.2) is 24.3 Å². The lowest BCUT2D eigenvalue weighted by Gasteiger charge is -2.24. The third-order valence-corrected chi connectivity index (χ3v) is 3.71. The number of hydrogen-bond donors (Lipinski definition) is 3. The average Bonchev–Trinajstić information content (AvgIpc) is 2.57. The quantitative estimate of drug-likeness (QED) is 0.623. The Morgan fingerprint density at radius 3 is 2.14 bits per heavy atom. The van der Waals surface area contributed by atoms with Crippen molar-refractivity contribution in [3.63, 3.8) is 0 Å². The smallest absolute Gasteiger partial charge is 0.329 e. The van der Waals surface area contributed by atoms with Crippen molar-refractivity contribution in [2.24, 2.45) is 5.92 Å². The summed E-state index contributed by atoms with van der Waals surface area (Å²) in [5, 5.41) is 7.05. The second-order valence-corrected chi connectivity index (χ2v) is 7.95. The summed E-state index contributed by atoms with van der Waals surface area (Å²) in [4.78, 5) is 48.6. The van der Waals surface area contributed by atoms with E-state index >= 15 is 0 Å². The molecule has 0 radical (unpaired) electrons. The standard InChI is InChI=1S/C20H28FN3O5/c1-11(2)15(22-17(26)13-9-7-8-10-14(13)21)18(27)29-12(3)16(25)23-19(28)24-20(4,5)6/h7-12,15H,1-6H3,(H,22,26)(H2,23,24,25,28)/t12-,15+/m1/s1. The number of imide groups is 1. The predicted octanol–water partition coefficient (Wildman–Crippen LogP) is 2.14. The van der Waals surface area contributed by atoms with Crippen molar-refractivity contribution in [2.45, 2.75) is 59.2 Å². The number of nitrogens with one attached hydrogen (secondary N) is 3. The molecule has 0 spiro atoms. The molecule has 1 rings (SSSR count). The van der Waals surface area contributed by atoms with Crippen molar-refractivity contribution in [2.75, 3.05) is 0 Å². The zero-order valence-electron chi connectivity index (χ0n) is 17.5. The Labute approximate surface area is 169 Å². The van der Waals surface area contributed by atoms with Gasteiger partial charge in [-0.3, -0.25) is 14.9 Å². The lowest BCUT2D eigenvalue weighted by atomic mass is 10.0. The minimum absolute atomic E-state index is 0.212. The molecule has 3 N–H and O–H groups in total. The largest absolute Gasteiger partial charge is 0.451 e. The first kappa shape index (κ1) is 24.1. The van der Waals surface area contributed by atoms with E-state index in [1.807, 2.05) is 0 Å². The molecule has 9 heteroatoms. The van der Waals surface area contributed by atoms with E-state index in [0.717, 1.165) is 6.07 Å². The first-order valence-electron chi connectivity index (χ1n) is 9.20. The van der Waals surface area contributed by atoms with Gasteiger partial charge in [-0.2, -0.15) is 0 Å². The van der Waals surface area contributed by atoms with Crippen molar-refractivity contribution in [3.05, 3.63) is 35.6 Å². The van der Waals surface area contributed by atoms with Gasteiger partial charge >= 0.3 is 12.0 Å². The van der Waals surface area contributed by atoms with Gasteiger partial charge in [0.25, 0.3) is 11.8 Å². The Hall–Kier alpha value is -2.97. The van der Waals surface area contributed by atoms with Crippen LogP contribution in [0.1, 0.15) is 51.9 Å². The summed E-state index contributed by atoms with van der Waals surface area (Å²) in [7, 11) is 0. The molecule has 0 saturated heterocycles. The minimum Gasteiger partial charge on any atom is -0.451 e. The highest BCUT2D eigenvalue weighted by Crippen LogP contribution is 2.11. The number of ether oxygens (including phenoxy) is 1. The highest BCUT2D eigenvalue weighted by atomic mass is 19.1. The second-order valence-electron chi connectivity index (χ2n) is 7.95. The summed E-state index contributed by atoms with van der Waals surface area (Å²) >= 11 is 0. The molecular weight excluding hydrogens is 381 g/mol. The van der Waals surface area contributed by atoms with Gasteiger partial charge in [0.05, 0.1) is 5.56 Å². The van der Waals surface area contributed by atoms with E-state index in [1.165, 1.54) is 25.1 Å². The lowest BCUT2D eigenvalue weighted by molar-refractivity contribution is -0.157. The number of esters is 1. The van der Waals surface area contributed by atoms with E-state index < -0.39 is 53.2 Å². The van der Waals surface area contributed by atoms with Crippen molar-refractivity contribution >= 4 is 23.8 Å². The van der Waals surface area contributed by atoms with Gasteiger partial charge in [0.2, 0.25) is 0 Å². The SMILES string of the molecule is CC(C)[C@H](NC(=O)c1ccccc1F)C(=O)O[C@H](C)C(=O)NC(=O)NC(C)(C)C. The highest BCUT2D eigenvalue weighted by Gasteiger charge is 2.30. The molecule has 0 fully saturated rings. The maximum atomic E-state index is 13.8. The topological polar surface area (TPSA) is 114 Å². The van der Waals surface area contributed by atoms with Crippen LogP contribution in [0, 0.1) is 11.7 Å².